The molecule has 6 heteroatoms. The van der Waals surface area contributed by atoms with Gasteiger partial charge in [-0.25, -0.2) is 0 Å². The van der Waals surface area contributed by atoms with Gasteiger partial charge in [0.25, 0.3) is 0 Å². The molecule has 0 saturated heterocycles. The fourth-order valence-electron chi connectivity index (χ4n) is 11.1. The van der Waals surface area contributed by atoms with E-state index < -0.39 is 5.41 Å². The Balaban J connectivity index is 0.000000153. The van der Waals surface area contributed by atoms with Crippen LogP contribution in [-0.2, 0) is 27.2 Å². The molecule has 66 heavy (non-hydrogen) atoms. The minimum atomic E-state index is -0.540. The Bertz CT molecular complexity index is 3500. The molecule has 335 valence electrons. The van der Waals surface area contributed by atoms with E-state index in [-0.39, 0.29) is 28.3 Å². The summed E-state index contributed by atoms with van der Waals surface area (Å²) >= 11 is 0. The summed E-state index contributed by atoms with van der Waals surface area (Å²) < 4.78 is 7.09. The van der Waals surface area contributed by atoms with Crippen LogP contribution in [0.15, 0.2) is 127 Å². The Morgan fingerprint density at radius 2 is 0.955 bits per heavy atom. The van der Waals surface area contributed by atoms with Gasteiger partial charge in [-0.2, -0.15) is 0 Å². The molecule has 0 bridgehead atoms. The summed E-state index contributed by atoms with van der Waals surface area (Å²) in [6.45, 7) is 22.5. The minimum Gasteiger partial charge on any atom is -0.358 e. The van der Waals surface area contributed by atoms with E-state index in [0.717, 1.165) is 5.69 Å². The Hall–Kier alpha value is -5.98. The van der Waals surface area contributed by atoms with E-state index >= 15 is 0 Å². The molecule has 0 atom stereocenters. The van der Waals surface area contributed by atoms with E-state index in [2.05, 4.69) is 222 Å². The minimum absolute atomic E-state index is 0. The van der Waals surface area contributed by atoms with E-state index in [4.69, 9.17) is 0 Å². The number of carbonyl (C=O) groups is 1. The van der Waals surface area contributed by atoms with Crippen LogP contribution in [0.5, 0.6) is 0 Å². The number of benzene rings is 7. The summed E-state index contributed by atoms with van der Waals surface area (Å²) in [5.41, 5.74) is 14.2. The predicted molar refractivity (Wildman–Crippen MR) is 275 cm³/mol. The van der Waals surface area contributed by atoms with Gasteiger partial charge in [-0.3, -0.25) is 4.90 Å². The summed E-state index contributed by atoms with van der Waals surface area (Å²) in [7, 11) is 0. The average molecular weight is 1050 g/mol. The second-order valence-electron chi connectivity index (χ2n) is 20.3. The number of nitrogens with zero attached hydrogens (tertiary/aromatic N) is 4. The Labute approximate surface area is 403 Å². The van der Waals surface area contributed by atoms with Crippen molar-refractivity contribution in [3.05, 3.63) is 156 Å². The Morgan fingerprint density at radius 1 is 0.515 bits per heavy atom. The second-order valence-corrected chi connectivity index (χ2v) is 20.3. The molecule has 5 heterocycles. The first-order chi connectivity index (χ1) is 31.3. The molecule has 0 aliphatic carbocycles. The van der Waals surface area contributed by atoms with Gasteiger partial charge < -0.3 is 18.2 Å². The molecule has 12 rings (SSSR count). The third-order valence-electron chi connectivity index (χ3n) is 14.2. The van der Waals surface area contributed by atoms with Crippen LogP contribution in [0.4, 0.5) is 11.4 Å². The summed E-state index contributed by atoms with van der Waals surface area (Å²) in [6.07, 6.45) is 3.59. The van der Waals surface area contributed by atoms with Crippen LogP contribution in [0.3, 0.4) is 0 Å². The van der Waals surface area contributed by atoms with Crippen LogP contribution < -0.4 is 4.90 Å². The molecule has 1 radical (unpaired) electrons. The third-order valence-corrected chi connectivity index (χ3v) is 14.2. The number of fused-ring (bicyclic) bond motifs is 12. The van der Waals surface area contributed by atoms with Crippen LogP contribution in [0, 0.1) is 11.5 Å². The molecule has 0 saturated carbocycles. The largest absolute Gasteiger partial charge is 0.358 e. The molecule has 0 N–H and O–H groups in total. The van der Waals surface area contributed by atoms with Crippen molar-refractivity contribution in [2.24, 2.45) is 5.41 Å². The maximum atomic E-state index is 13.8. The maximum absolute atomic E-state index is 13.8. The molecular weight excluding hydrogens is 990 g/mol. The van der Waals surface area contributed by atoms with Crippen LogP contribution in [0.1, 0.15) is 115 Å². The van der Waals surface area contributed by atoms with Crippen molar-refractivity contribution in [2.45, 2.75) is 92.9 Å². The molecule has 5 nitrogen and oxygen atoms in total. The first kappa shape index (κ1) is 43.9. The SMILES string of the molecule is CC(C)c1cccc(C(C)C)c1N1[C-]=[N+](c2c(C(C)C)cccc2C(C)C)CC(C)(C)C1=O.[Au].[c-]1c2c3cccc4c5ccccc5n(c2cc2c5cccc6c7ccccc7n(c12)c56)c34. The summed E-state index contributed by atoms with van der Waals surface area (Å²) in [5.74, 6) is 1.48. The molecule has 0 fully saturated rings. The molecule has 1 amide bonds. The number of amides is 1. The number of rotatable bonds is 6. The predicted octanol–water partition coefficient (Wildman–Crippen LogP) is 15.6. The topological polar surface area (TPSA) is 32.1 Å². The molecule has 7 aromatic carbocycles. The van der Waals surface area contributed by atoms with Crippen LogP contribution in [0.25, 0.3) is 76.2 Å². The van der Waals surface area contributed by atoms with Gasteiger partial charge >= 0.3 is 0 Å². The second kappa shape index (κ2) is 16.1. The van der Waals surface area contributed by atoms with Gasteiger partial charge in [0.1, 0.15) is 0 Å². The van der Waals surface area contributed by atoms with Crippen molar-refractivity contribution in [2.75, 3.05) is 11.4 Å². The maximum Gasteiger partial charge on any atom is 0.247 e. The Kier molecular flexibility index (Phi) is 10.7. The fourth-order valence-corrected chi connectivity index (χ4v) is 11.1. The molecule has 0 spiro atoms. The van der Waals surface area contributed by atoms with Gasteiger partial charge in [0.05, 0.1) is 34.4 Å². The third kappa shape index (κ3) is 6.45. The van der Waals surface area contributed by atoms with Gasteiger partial charge in [-0.05, 0) is 79.9 Å². The smallest absolute Gasteiger partial charge is 0.247 e. The van der Waals surface area contributed by atoms with Crippen LogP contribution >= 0.6 is 0 Å². The first-order valence-corrected chi connectivity index (χ1v) is 23.6. The molecule has 1 aliphatic heterocycles. The molecular formula is C60H57AuN4O-. The van der Waals surface area contributed by atoms with Gasteiger partial charge in [-0.15, -0.1) is 17.5 Å². The van der Waals surface area contributed by atoms with Gasteiger partial charge in [0.15, 0.2) is 0 Å². The zero-order valence-electron chi connectivity index (χ0n) is 39.6. The van der Waals surface area contributed by atoms with E-state index in [0.29, 0.717) is 30.2 Å². The number of aromatic nitrogens is 2. The van der Waals surface area contributed by atoms with Crippen molar-refractivity contribution in [3.8, 4) is 0 Å². The zero-order valence-corrected chi connectivity index (χ0v) is 41.8. The van der Waals surface area contributed by atoms with Crippen LogP contribution in [-0.4, -0.2) is 32.2 Å². The summed E-state index contributed by atoms with van der Waals surface area (Å²) in [4.78, 5) is 15.7. The average Bonchev–Trinajstić information content (AvgIpc) is 4.02. The number of hydrogen-bond donors (Lipinski definition) is 0. The zero-order chi connectivity index (χ0) is 45.2. The van der Waals surface area contributed by atoms with E-state index in [1.165, 1.54) is 104 Å². The number of carbonyl (C=O) groups excluding carboxylic acids is 1. The van der Waals surface area contributed by atoms with Gasteiger partial charge in [-0.1, -0.05) is 189 Å². The molecule has 4 aromatic heterocycles. The molecule has 0 unspecified atom stereocenters. The van der Waals surface area contributed by atoms with Gasteiger partial charge in [0, 0.05) is 49.6 Å². The van der Waals surface area contributed by atoms with Crippen molar-refractivity contribution in [1.29, 1.82) is 0 Å². The van der Waals surface area contributed by atoms with E-state index in [9.17, 15) is 4.79 Å². The standard InChI is InChI=1S/C30H42N2O.C30H15N2.Au/c1-19(2)23-13-11-14-24(20(3)4)27(23)31-17-30(9,10)29(33)32(18-31)28-25(21(5)6)15-12-16-26(28)22(7)8;1-3-13-25-17(7-1)19-9-5-11-21-23-16-28-24(15-27(23)31(25)29(19)21)22-12-6-10-20-18-8-2-4-14-26(18)32(28)30(20)22;/h11-16,19-22H,17H2,1-10H3;1-15H;/q;-1;. The quantitative estimate of drug-likeness (QED) is 0.0928. The monoisotopic (exact) mass is 1050 g/mol. The van der Waals surface area contributed by atoms with E-state index in [1.807, 2.05) is 4.90 Å². The van der Waals surface area contributed by atoms with Crippen molar-refractivity contribution in [1.82, 2.24) is 8.80 Å². The summed E-state index contributed by atoms with van der Waals surface area (Å²) in [6, 6.07) is 50.2. The summed E-state index contributed by atoms with van der Waals surface area (Å²) in [5, 5.41) is 10.3. The Morgan fingerprint density at radius 3 is 1.50 bits per heavy atom. The van der Waals surface area contributed by atoms with Gasteiger partial charge in [0.2, 0.25) is 12.2 Å². The normalized spacial score (nSPS) is 14.5. The van der Waals surface area contributed by atoms with Crippen molar-refractivity contribution >= 4 is 99.8 Å². The van der Waals surface area contributed by atoms with E-state index in [1.54, 1.807) is 0 Å². The number of hydrogen-bond acceptors (Lipinski definition) is 1. The van der Waals surface area contributed by atoms with Crippen molar-refractivity contribution < 1.29 is 31.8 Å². The van der Waals surface area contributed by atoms with Crippen molar-refractivity contribution in [3.63, 3.8) is 0 Å². The molecule has 11 aromatic rings. The fraction of sp³-hybridized carbons (Fsp3) is 0.267. The first-order valence-electron chi connectivity index (χ1n) is 23.6. The van der Waals surface area contributed by atoms with Crippen LogP contribution in [0.2, 0.25) is 0 Å². The number of para-hydroxylation sites is 6. The molecule has 1 aliphatic rings. The number of anilines is 1.